The minimum absolute atomic E-state index is 0.0388. The maximum atomic E-state index is 14.2. The van der Waals surface area contributed by atoms with Gasteiger partial charge >= 0.3 is 11.9 Å². The van der Waals surface area contributed by atoms with E-state index in [1.54, 1.807) is 20.8 Å². The monoisotopic (exact) mass is 488 g/mol. The second-order valence-corrected chi connectivity index (χ2v) is 11.4. The van der Waals surface area contributed by atoms with Crippen LogP contribution in [0.4, 0.5) is 0 Å². The highest BCUT2D eigenvalue weighted by atomic mass is 16.6. The van der Waals surface area contributed by atoms with Crippen LogP contribution < -0.4 is 0 Å². The highest BCUT2D eigenvalue weighted by Gasteiger charge is 2.85. The minimum atomic E-state index is -2.42. The van der Waals surface area contributed by atoms with Gasteiger partial charge in [0, 0.05) is 17.3 Å². The molecule has 1 heterocycles. The number of hydrogen-bond acceptors (Lipinski definition) is 9. The molecule has 190 valence electrons. The standard InChI is InChI=1S/C26H32O9/c1-11-9-13-23(5)15(28)10-14(27)22(3,4)17(23)16(29)19(31)25(13,7)26(21(33)34-8)18(30)12(2)35-20(32)24(11,26)6/h12-13,15,28-29H,1,9-10H2,2-8H3/t12?,13?,15?,23-,24+,25-,26-/m0/s1. The molecule has 35 heavy (non-hydrogen) atoms. The van der Waals surface area contributed by atoms with Gasteiger partial charge in [0.15, 0.2) is 23.1 Å². The lowest BCUT2D eigenvalue weighted by Gasteiger charge is -2.68. The summed E-state index contributed by atoms with van der Waals surface area (Å²) in [6, 6.07) is 0. The predicted molar refractivity (Wildman–Crippen MR) is 121 cm³/mol. The summed E-state index contributed by atoms with van der Waals surface area (Å²) in [5, 5.41) is 22.7. The number of rotatable bonds is 1. The van der Waals surface area contributed by atoms with Crippen molar-refractivity contribution in [3.63, 3.8) is 0 Å². The van der Waals surface area contributed by atoms with Crippen LogP contribution in [0.5, 0.6) is 0 Å². The first-order valence-corrected chi connectivity index (χ1v) is 11.7. The van der Waals surface area contributed by atoms with Crippen molar-refractivity contribution in [3.05, 3.63) is 23.5 Å². The molecule has 4 aliphatic rings. The summed E-state index contributed by atoms with van der Waals surface area (Å²) in [6.07, 6.45) is -2.99. The number of carbonyl (C=O) groups is 5. The molecule has 3 fully saturated rings. The Hall–Kier alpha value is -2.81. The van der Waals surface area contributed by atoms with Crippen LogP contribution in [-0.2, 0) is 33.4 Å². The van der Waals surface area contributed by atoms with E-state index in [1.807, 2.05) is 0 Å². The number of allylic oxidation sites excluding steroid dienone is 1. The van der Waals surface area contributed by atoms with Crippen LogP contribution in [0.1, 0.15) is 54.4 Å². The van der Waals surface area contributed by atoms with Crippen LogP contribution in [0.2, 0.25) is 0 Å². The van der Waals surface area contributed by atoms with Gasteiger partial charge in [0.1, 0.15) is 11.2 Å². The van der Waals surface area contributed by atoms with Crippen molar-refractivity contribution >= 4 is 29.3 Å². The van der Waals surface area contributed by atoms with Crippen molar-refractivity contribution in [1.29, 1.82) is 0 Å². The zero-order valence-electron chi connectivity index (χ0n) is 21.1. The number of hydrogen-bond donors (Lipinski definition) is 2. The molecule has 9 heteroatoms. The predicted octanol–water partition coefficient (Wildman–Crippen LogP) is 2.01. The highest BCUT2D eigenvalue weighted by molar-refractivity contribution is 6.20. The van der Waals surface area contributed by atoms with Crippen LogP contribution >= 0.6 is 0 Å². The topological polar surface area (TPSA) is 144 Å². The van der Waals surface area contributed by atoms with Crippen molar-refractivity contribution in [2.45, 2.75) is 66.6 Å². The quantitative estimate of drug-likeness (QED) is 0.322. The van der Waals surface area contributed by atoms with Crippen LogP contribution in [0.25, 0.3) is 0 Å². The van der Waals surface area contributed by atoms with Crippen molar-refractivity contribution in [2.24, 2.45) is 33.0 Å². The summed E-state index contributed by atoms with van der Waals surface area (Å²) in [5.41, 5.74) is -8.87. The van der Waals surface area contributed by atoms with Gasteiger partial charge in [-0.25, -0.2) is 0 Å². The van der Waals surface area contributed by atoms with Crippen LogP contribution in [0.3, 0.4) is 0 Å². The summed E-state index contributed by atoms with van der Waals surface area (Å²) in [6.45, 7) is 12.9. The molecule has 7 atom stereocenters. The molecule has 4 rings (SSSR count). The number of fused-ring (bicyclic) bond motifs is 5. The number of Topliss-reactive ketones (excluding diaryl/α,β-unsaturated/α-hetero) is 3. The summed E-state index contributed by atoms with van der Waals surface area (Å²) in [5.74, 6) is -5.91. The van der Waals surface area contributed by atoms with E-state index >= 15 is 0 Å². The van der Waals surface area contributed by atoms with E-state index < -0.39 is 74.5 Å². The van der Waals surface area contributed by atoms with E-state index in [2.05, 4.69) is 6.58 Å². The maximum absolute atomic E-state index is 14.2. The molecule has 2 saturated carbocycles. The second-order valence-electron chi connectivity index (χ2n) is 11.4. The summed E-state index contributed by atoms with van der Waals surface area (Å²) >= 11 is 0. The third-order valence-corrected chi connectivity index (χ3v) is 9.89. The molecule has 1 saturated heterocycles. The van der Waals surface area contributed by atoms with E-state index in [-0.39, 0.29) is 29.8 Å². The highest BCUT2D eigenvalue weighted by Crippen LogP contribution is 2.74. The third-order valence-electron chi connectivity index (χ3n) is 9.89. The van der Waals surface area contributed by atoms with Crippen molar-refractivity contribution in [1.82, 2.24) is 0 Å². The Morgan fingerprint density at radius 1 is 1.09 bits per heavy atom. The van der Waals surface area contributed by atoms with Gasteiger partial charge in [-0.2, -0.15) is 0 Å². The molecule has 0 aromatic heterocycles. The number of ketones is 3. The fraction of sp³-hybridized carbons (Fsp3) is 0.654. The lowest BCUT2D eigenvalue weighted by Crippen LogP contribution is -2.78. The van der Waals surface area contributed by atoms with Gasteiger partial charge in [0.25, 0.3) is 0 Å². The number of ether oxygens (including phenoxy) is 2. The molecular formula is C26H32O9. The molecule has 0 bridgehead atoms. The number of cyclic esters (lactones) is 1. The average Bonchev–Trinajstić information content (AvgIpc) is 2.77. The Balaban J connectivity index is 2.21. The number of esters is 2. The Kier molecular flexibility index (Phi) is 4.98. The smallest absolute Gasteiger partial charge is 0.322 e. The number of methoxy groups -OCH3 is 1. The van der Waals surface area contributed by atoms with Crippen LogP contribution in [0, 0.1) is 33.0 Å². The third kappa shape index (κ3) is 2.31. The molecule has 3 unspecified atom stereocenters. The molecular weight excluding hydrogens is 456 g/mol. The van der Waals surface area contributed by atoms with Crippen LogP contribution in [0.15, 0.2) is 23.5 Å². The fourth-order valence-electron chi connectivity index (χ4n) is 7.89. The van der Waals surface area contributed by atoms with Crippen LogP contribution in [-0.4, -0.2) is 58.8 Å². The van der Waals surface area contributed by atoms with E-state index in [4.69, 9.17) is 9.47 Å². The molecule has 0 radical (unpaired) electrons. The van der Waals surface area contributed by atoms with Gasteiger partial charge in [-0.3, -0.25) is 24.0 Å². The van der Waals surface area contributed by atoms with E-state index in [0.29, 0.717) is 0 Å². The summed E-state index contributed by atoms with van der Waals surface area (Å²) < 4.78 is 10.4. The molecule has 3 aliphatic carbocycles. The van der Waals surface area contributed by atoms with E-state index in [0.717, 1.165) is 7.11 Å². The van der Waals surface area contributed by atoms with E-state index in [9.17, 15) is 34.2 Å². The molecule has 0 aromatic rings. The number of aliphatic hydroxyl groups is 2. The van der Waals surface area contributed by atoms with Gasteiger partial charge in [0.05, 0.1) is 18.6 Å². The lowest BCUT2D eigenvalue weighted by molar-refractivity contribution is -0.228. The first-order valence-electron chi connectivity index (χ1n) is 11.7. The fourth-order valence-corrected chi connectivity index (χ4v) is 7.89. The van der Waals surface area contributed by atoms with Crippen molar-refractivity contribution < 1.29 is 43.7 Å². The summed E-state index contributed by atoms with van der Waals surface area (Å²) in [7, 11) is 1.05. The Bertz CT molecular complexity index is 1160. The average molecular weight is 489 g/mol. The maximum Gasteiger partial charge on any atom is 0.322 e. The Morgan fingerprint density at radius 2 is 1.66 bits per heavy atom. The zero-order chi connectivity index (χ0) is 26.7. The zero-order valence-corrected chi connectivity index (χ0v) is 21.1. The number of aliphatic hydroxyl groups excluding tert-OH is 2. The van der Waals surface area contributed by atoms with E-state index in [1.165, 1.54) is 20.8 Å². The van der Waals surface area contributed by atoms with Gasteiger partial charge in [0.2, 0.25) is 5.78 Å². The minimum Gasteiger partial charge on any atom is -0.504 e. The first-order chi connectivity index (χ1) is 15.9. The largest absolute Gasteiger partial charge is 0.504 e. The van der Waals surface area contributed by atoms with Crippen molar-refractivity contribution in [2.75, 3.05) is 7.11 Å². The molecule has 9 nitrogen and oxygen atoms in total. The Morgan fingerprint density at radius 3 is 2.20 bits per heavy atom. The summed E-state index contributed by atoms with van der Waals surface area (Å²) in [4.78, 5) is 68.3. The van der Waals surface area contributed by atoms with Gasteiger partial charge in [-0.05, 0) is 45.6 Å². The second kappa shape index (κ2) is 6.90. The molecule has 1 aliphatic heterocycles. The molecule has 0 aromatic carbocycles. The van der Waals surface area contributed by atoms with Crippen molar-refractivity contribution in [3.8, 4) is 0 Å². The molecule has 0 spiro atoms. The lowest BCUT2D eigenvalue weighted by atomic mass is 9.32. The number of carbonyl (C=O) groups excluding carboxylic acids is 5. The SMILES string of the molecule is C=C1CC2[C@]3(C)C(=C(O)C(=O)[C@@]2(C)[C@]2(C(=O)OC)C(=O)C(C)OC(=O)[C@@]12C)C(C)(C)C(=O)CC3O. The van der Waals surface area contributed by atoms with Gasteiger partial charge in [-0.1, -0.05) is 26.0 Å². The molecule has 2 N–H and O–H groups in total. The normalized spacial score (nSPS) is 44.8. The first kappa shape index (κ1) is 25.3. The van der Waals surface area contributed by atoms with Gasteiger partial charge in [-0.15, -0.1) is 0 Å². The molecule has 0 amide bonds. The Labute approximate surface area is 203 Å². The van der Waals surface area contributed by atoms with Gasteiger partial charge < -0.3 is 19.7 Å².